The van der Waals surface area contributed by atoms with Crippen LogP contribution in [0.2, 0.25) is 0 Å². The predicted molar refractivity (Wildman–Crippen MR) is 72.5 cm³/mol. The SMILES string of the molecule is COCCn1cc(NC(=O)NC(C(=O)O)C(C)C)cn1. The fraction of sp³-hybridized carbons (Fsp3) is 0.583. The molecular formula is C12H20N4O4. The maximum atomic E-state index is 11.7. The molecule has 112 valence electrons. The number of carbonyl (C=O) groups excluding carboxylic acids is 1. The van der Waals surface area contributed by atoms with Gasteiger partial charge in [-0.25, -0.2) is 9.59 Å². The number of hydrogen-bond donors (Lipinski definition) is 3. The van der Waals surface area contributed by atoms with Crippen molar-refractivity contribution in [2.24, 2.45) is 5.92 Å². The summed E-state index contributed by atoms with van der Waals surface area (Å²) in [4.78, 5) is 22.7. The zero-order valence-corrected chi connectivity index (χ0v) is 11.8. The van der Waals surface area contributed by atoms with Gasteiger partial charge in [-0.2, -0.15) is 5.10 Å². The second-order valence-corrected chi connectivity index (χ2v) is 4.64. The Hall–Kier alpha value is -2.09. The molecule has 1 atom stereocenters. The van der Waals surface area contributed by atoms with Crippen molar-refractivity contribution in [3.05, 3.63) is 12.4 Å². The summed E-state index contributed by atoms with van der Waals surface area (Å²) in [7, 11) is 1.59. The molecule has 1 unspecified atom stereocenters. The van der Waals surface area contributed by atoms with Crippen molar-refractivity contribution in [1.29, 1.82) is 0 Å². The lowest BCUT2D eigenvalue weighted by Gasteiger charge is -2.17. The molecule has 0 saturated carbocycles. The average molecular weight is 284 g/mol. The van der Waals surface area contributed by atoms with E-state index in [4.69, 9.17) is 9.84 Å². The van der Waals surface area contributed by atoms with E-state index in [1.807, 2.05) is 0 Å². The summed E-state index contributed by atoms with van der Waals surface area (Å²) >= 11 is 0. The fourth-order valence-electron chi connectivity index (χ4n) is 1.56. The monoisotopic (exact) mass is 284 g/mol. The van der Waals surface area contributed by atoms with Crippen LogP contribution in [0.1, 0.15) is 13.8 Å². The van der Waals surface area contributed by atoms with Gasteiger partial charge in [-0.1, -0.05) is 13.8 Å². The Kier molecular flexibility index (Phi) is 5.98. The minimum Gasteiger partial charge on any atom is -0.480 e. The topological polar surface area (TPSA) is 105 Å². The number of carbonyl (C=O) groups is 2. The molecule has 0 aliphatic carbocycles. The first-order chi connectivity index (χ1) is 9.43. The molecule has 0 aliphatic rings. The third kappa shape index (κ3) is 4.88. The van der Waals surface area contributed by atoms with E-state index >= 15 is 0 Å². The highest BCUT2D eigenvalue weighted by molar-refractivity contribution is 5.92. The van der Waals surface area contributed by atoms with E-state index in [-0.39, 0.29) is 5.92 Å². The standard InChI is InChI=1S/C12H20N4O4/c1-8(2)10(11(17)18)15-12(19)14-9-6-13-16(7-9)4-5-20-3/h6-8,10H,4-5H2,1-3H3,(H,17,18)(H2,14,15,19). The minimum absolute atomic E-state index is 0.206. The molecule has 8 nitrogen and oxygen atoms in total. The summed E-state index contributed by atoms with van der Waals surface area (Å²) in [5.74, 6) is -1.27. The van der Waals surface area contributed by atoms with Gasteiger partial charge in [-0.05, 0) is 5.92 Å². The molecule has 8 heteroatoms. The smallest absolute Gasteiger partial charge is 0.326 e. The van der Waals surface area contributed by atoms with Gasteiger partial charge in [-0.15, -0.1) is 0 Å². The number of anilines is 1. The summed E-state index contributed by atoms with van der Waals surface area (Å²) in [6, 6.07) is -1.50. The van der Waals surface area contributed by atoms with E-state index in [0.717, 1.165) is 0 Å². The van der Waals surface area contributed by atoms with Gasteiger partial charge in [0.25, 0.3) is 0 Å². The average Bonchev–Trinajstić information content (AvgIpc) is 2.80. The number of nitrogens with zero attached hydrogens (tertiary/aromatic N) is 2. The Labute approximate surface area is 117 Å². The first-order valence-corrected chi connectivity index (χ1v) is 6.25. The highest BCUT2D eigenvalue weighted by Gasteiger charge is 2.23. The summed E-state index contributed by atoms with van der Waals surface area (Å²) in [6.07, 6.45) is 3.13. The van der Waals surface area contributed by atoms with Crippen molar-refractivity contribution in [3.63, 3.8) is 0 Å². The summed E-state index contributed by atoms with van der Waals surface area (Å²) in [6.45, 7) is 4.54. The van der Waals surface area contributed by atoms with Crippen molar-refractivity contribution >= 4 is 17.7 Å². The lowest BCUT2D eigenvalue weighted by atomic mass is 10.1. The first kappa shape index (κ1) is 16.0. The van der Waals surface area contributed by atoms with Crippen LogP contribution in [-0.4, -0.2) is 46.6 Å². The van der Waals surface area contributed by atoms with Crippen molar-refractivity contribution in [3.8, 4) is 0 Å². The predicted octanol–water partition coefficient (Wildman–Crippen LogP) is 0.760. The molecule has 0 spiro atoms. The molecule has 0 aromatic carbocycles. The lowest BCUT2D eigenvalue weighted by Crippen LogP contribution is -2.46. The van der Waals surface area contributed by atoms with E-state index in [1.165, 1.54) is 6.20 Å². The Morgan fingerprint density at radius 3 is 2.75 bits per heavy atom. The number of carboxylic acid groups (broad SMARTS) is 1. The molecule has 0 radical (unpaired) electrons. The first-order valence-electron chi connectivity index (χ1n) is 6.25. The number of nitrogens with one attached hydrogen (secondary N) is 2. The van der Waals surface area contributed by atoms with Gasteiger partial charge >= 0.3 is 12.0 Å². The fourth-order valence-corrected chi connectivity index (χ4v) is 1.56. The van der Waals surface area contributed by atoms with Gasteiger partial charge in [0, 0.05) is 13.3 Å². The highest BCUT2D eigenvalue weighted by Crippen LogP contribution is 2.06. The van der Waals surface area contributed by atoms with Crippen LogP contribution in [0.25, 0.3) is 0 Å². The molecule has 0 aliphatic heterocycles. The number of ether oxygens (including phenoxy) is 1. The Bertz CT molecular complexity index is 458. The van der Waals surface area contributed by atoms with Crippen LogP contribution in [0, 0.1) is 5.92 Å². The second kappa shape index (κ2) is 7.49. The van der Waals surface area contributed by atoms with Crippen molar-refractivity contribution < 1.29 is 19.4 Å². The largest absolute Gasteiger partial charge is 0.480 e. The van der Waals surface area contributed by atoms with Gasteiger partial charge in [0.1, 0.15) is 6.04 Å². The van der Waals surface area contributed by atoms with Crippen LogP contribution in [0.5, 0.6) is 0 Å². The van der Waals surface area contributed by atoms with Gasteiger partial charge in [-0.3, -0.25) is 4.68 Å². The Morgan fingerprint density at radius 1 is 1.50 bits per heavy atom. The summed E-state index contributed by atoms with van der Waals surface area (Å²) in [5.41, 5.74) is 0.492. The van der Waals surface area contributed by atoms with Crippen molar-refractivity contribution in [2.75, 3.05) is 19.0 Å². The van der Waals surface area contributed by atoms with Crippen LogP contribution < -0.4 is 10.6 Å². The molecule has 2 amide bonds. The van der Waals surface area contributed by atoms with E-state index in [1.54, 1.807) is 31.8 Å². The third-order valence-corrected chi connectivity index (χ3v) is 2.63. The molecule has 0 saturated heterocycles. The number of urea groups is 1. The number of aliphatic carboxylic acids is 1. The zero-order chi connectivity index (χ0) is 15.1. The number of amides is 2. The molecule has 0 bridgehead atoms. The van der Waals surface area contributed by atoms with Crippen LogP contribution in [0.4, 0.5) is 10.5 Å². The van der Waals surface area contributed by atoms with Gasteiger partial charge in [0.05, 0.1) is 25.0 Å². The summed E-state index contributed by atoms with van der Waals surface area (Å²) in [5, 5.41) is 18.0. The van der Waals surface area contributed by atoms with E-state index in [9.17, 15) is 9.59 Å². The number of carboxylic acids is 1. The number of rotatable bonds is 7. The van der Waals surface area contributed by atoms with Crippen LogP contribution in [0.3, 0.4) is 0 Å². The second-order valence-electron chi connectivity index (χ2n) is 4.64. The molecule has 20 heavy (non-hydrogen) atoms. The molecule has 1 aromatic heterocycles. The third-order valence-electron chi connectivity index (χ3n) is 2.63. The molecule has 1 aromatic rings. The maximum Gasteiger partial charge on any atom is 0.326 e. The number of aromatic nitrogens is 2. The molecular weight excluding hydrogens is 264 g/mol. The highest BCUT2D eigenvalue weighted by atomic mass is 16.5. The zero-order valence-electron chi connectivity index (χ0n) is 11.8. The summed E-state index contributed by atoms with van der Waals surface area (Å²) < 4.78 is 6.54. The Morgan fingerprint density at radius 2 is 2.20 bits per heavy atom. The quantitative estimate of drug-likeness (QED) is 0.685. The molecule has 3 N–H and O–H groups in total. The van der Waals surface area contributed by atoms with E-state index < -0.39 is 18.0 Å². The van der Waals surface area contributed by atoms with E-state index in [0.29, 0.717) is 18.8 Å². The normalized spacial score (nSPS) is 12.2. The van der Waals surface area contributed by atoms with Gasteiger partial charge in [0.15, 0.2) is 0 Å². The minimum atomic E-state index is -1.06. The van der Waals surface area contributed by atoms with Crippen molar-refractivity contribution in [2.45, 2.75) is 26.4 Å². The number of methoxy groups -OCH3 is 1. The van der Waals surface area contributed by atoms with Crippen LogP contribution >= 0.6 is 0 Å². The Balaban J connectivity index is 2.53. The number of hydrogen-bond acceptors (Lipinski definition) is 4. The molecule has 1 heterocycles. The molecule has 1 rings (SSSR count). The molecule has 0 fully saturated rings. The van der Waals surface area contributed by atoms with Gasteiger partial charge in [0.2, 0.25) is 0 Å². The van der Waals surface area contributed by atoms with Crippen LogP contribution in [-0.2, 0) is 16.1 Å². The van der Waals surface area contributed by atoms with Crippen LogP contribution in [0.15, 0.2) is 12.4 Å². The lowest BCUT2D eigenvalue weighted by molar-refractivity contribution is -0.140. The van der Waals surface area contributed by atoms with Gasteiger partial charge < -0.3 is 20.5 Å². The maximum absolute atomic E-state index is 11.7. The van der Waals surface area contributed by atoms with E-state index in [2.05, 4.69) is 15.7 Å². The van der Waals surface area contributed by atoms with Crippen molar-refractivity contribution in [1.82, 2.24) is 15.1 Å².